The summed E-state index contributed by atoms with van der Waals surface area (Å²) in [5.74, 6) is 0.928. The molecule has 1 aliphatic carbocycles. The van der Waals surface area contributed by atoms with Crippen LogP contribution in [-0.2, 0) is 0 Å². The third kappa shape index (κ3) is 2.79. The lowest BCUT2D eigenvalue weighted by molar-refractivity contribution is 0.0778. The predicted molar refractivity (Wildman–Crippen MR) is 73.2 cm³/mol. The third-order valence-corrected chi connectivity index (χ3v) is 3.51. The Labute approximate surface area is 104 Å². The number of rotatable bonds is 4. The van der Waals surface area contributed by atoms with Gasteiger partial charge in [0.1, 0.15) is 11.4 Å². The molecule has 90 valence electrons. The summed E-state index contributed by atoms with van der Waals surface area (Å²) >= 11 is 0. The molecular formula is C16H20O. The molecule has 0 saturated heterocycles. The fraction of sp³-hybridized carbons (Fsp3) is 0.375. The molecule has 2 rings (SSSR count). The first-order chi connectivity index (χ1) is 8.28. The summed E-state index contributed by atoms with van der Waals surface area (Å²) in [4.78, 5) is 0. The molecule has 0 unspecified atom stereocenters. The Morgan fingerprint density at radius 3 is 2.18 bits per heavy atom. The van der Waals surface area contributed by atoms with Crippen LogP contribution in [0.5, 0.6) is 5.75 Å². The average Bonchev–Trinajstić information content (AvgIpc) is 2.41. The summed E-state index contributed by atoms with van der Waals surface area (Å²) in [5.41, 5.74) is 0.974. The minimum Gasteiger partial charge on any atom is -0.483 e. The molecule has 1 aromatic carbocycles. The Kier molecular flexibility index (Phi) is 3.68. The summed E-state index contributed by atoms with van der Waals surface area (Å²) in [6.45, 7) is 7.69. The van der Waals surface area contributed by atoms with E-state index in [1.165, 1.54) is 19.3 Å². The van der Waals surface area contributed by atoms with Crippen LogP contribution in [0.25, 0.3) is 6.08 Å². The second-order valence-electron chi connectivity index (χ2n) is 4.70. The van der Waals surface area contributed by atoms with Crippen LogP contribution in [0.4, 0.5) is 0 Å². The number of hydrogen-bond donors (Lipinski definition) is 0. The molecule has 0 bridgehead atoms. The normalized spacial score (nSPS) is 18.4. The van der Waals surface area contributed by atoms with E-state index in [9.17, 15) is 0 Å². The number of ether oxygens (including phenoxy) is 1. The zero-order valence-corrected chi connectivity index (χ0v) is 10.3. The molecule has 0 spiro atoms. The van der Waals surface area contributed by atoms with E-state index >= 15 is 0 Å². The van der Waals surface area contributed by atoms with Gasteiger partial charge in [0.05, 0.1) is 0 Å². The molecule has 1 nitrogen and oxygen atoms in total. The van der Waals surface area contributed by atoms with Crippen molar-refractivity contribution in [3.8, 4) is 5.75 Å². The maximum Gasteiger partial charge on any atom is 0.127 e. The SMILES string of the molecule is C=Cc1ccc(OC2(C=C)CCCCC2)cc1. The van der Waals surface area contributed by atoms with Crippen molar-refractivity contribution in [3.05, 3.63) is 49.1 Å². The summed E-state index contributed by atoms with van der Waals surface area (Å²) in [5, 5.41) is 0. The minimum absolute atomic E-state index is 0.145. The first-order valence-corrected chi connectivity index (χ1v) is 6.33. The van der Waals surface area contributed by atoms with Crippen LogP contribution in [0.2, 0.25) is 0 Å². The summed E-state index contributed by atoms with van der Waals surface area (Å²) in [6.07, 6.45) is 9.77. The van der Waals surface area contributed by atoms with Crippen LogP contribution in [0, 0.1) is 0 Å². The van der Waals surface area contributed by atoms with Crippen molar-refractivity contribution < 1.29 is 4.74 Å². The molecule has 17 heavy (non-hydrogen) atoms. The van der Waals surface area contributed by atoms with E-state index in [1.54, 1.807) is 0 Å². The zero-order valence-electron chi connectivity index (χ0n) is 10.3. The fourth-order valence-electron chi connectivity index (χ4n) is 2.40. The Morgan fingerprint density at radius 2 is 1.65 bits per heavy atom. The second-order valence-corrected chi connectivity index (χ2v) is 4.70. The third-order valence-electron chi connectivity index (χ3n) is 3.51. The van der Waals surface area contributed by atoms with Gasteiger partial charge in [-0.3, -0.25) is 0 Å². The van der Waals surface area contributed by atoms with Gasteiger partial charge in [-0.1, -0.05) is 37.8 Å². The molecule has 0 atom stereocenters. The Balaban J connectivity index is 2.11. The highest BCUT2D eigenvalue weighted by Crippen LogP contribution is 2.33. The first kappa shape index (κ1) is 12.0. The highest BCUT2D eigenvalue weighted by Gasteiger charge is 2.30. The van der Waals surface area contributed by atoms with E-state index in [0.717, 1.165) is 24.2 Å². The van der Waals surface area contributed by atoms with Gasteiger partial charge in [-0.25, -0.2) is 0 Å². The zero-order chi connectivity index (χ0) is 12.1. The van der Waals surface area contributed by atoms with Crippen LogP contribution in [0.3, 0.4) is 0 Å². The van der Waals surface area contributed by atoms with Crippen molar-refractivity contribution in [2.45, 2.75) is 37.7 Å². The molecular weight excluding hydrogens is 208 g/mol. The fourth-order valence-corrected chi connectivity index (χ4v) is 2.40. The monoisotopic (exact) mass is 228 g/mol. The van der Waals surface area contributed by atoms with E-state index < -0.39 is 0 Å². The molecule has 1 fully saturated rings. The van der Waals surface area contributed by atoms with E-state index in [1.807, 2.05) is 36.4 Å². The van der Waals surface area contributed by atoms with Gasteiger partial charge in [0.25, 0.3) is 0 Å². The first-order valence-electron chi connectivity index (χ1n) is 6.33. The molecule has 1 saturated carbocycles. The van der Waals surface area contributed by atoms with Gasteiger partial charge in [0.15, 0.2) is 0 Å². The number of benzene rings is 1. The van der Waals surface area contributed by atoms with E-state index in [4.69, 9.17) is 4.74 Å². The molecule has 1 aliphatic rings. The molecule has 0 aromatic heterocycles. The summed E-state index contributed by atoms with van der Waals surface area (Å²) < 4.78 is 6.14. The van der Waals surface area contributed by atoms with Gasteiger partial charge in [-0.15, -0.1) is 0 Å². The lowest BCUT2D eigenvalue weighted by atomic mass is 9.84. The second kappa shape index (κ2) is 5.22. The number of hydrogen-bond acceptors (Lipinski definition) is 1. The van der Waals surface area contributed by atoms with Crippen molar-refractivity contribution in [1.29, 1.82) is 0 Å². The van der Waals surface area contributed by atoms with Gasteiger partial charge in [0, 0.05) is 0 Å². The lowest BCUT2D eigenvalue weighted by Crippen LogP contribution is -2.35. The van der Waals surface area contributed by atoms with Crippen LogP contribution in [0.15, 0.2) is 43.5 Å². The van der Waals surface area contributed by atoms with Crippen molar-refractivity contribution in [3.63, 3.8) is 0 Å². The van der Waals surface area contributed by atoms with E-state index in [0.29, 0.717) is 0 Å². The van der Waals surface area contributed by atoms with Crippen LogP contribution < -0.4 is 4.74 Å². The van der Waals surface area contributed by atoms with Crippen molar-refractivity contribution in [2.75, 3.05) is 0 Å². The quantitative estimate of drug-likeness (QED) is 0.684. The summed E-state index contributed by atoms with van der Waals surface area (Å²) in [6, 6.07) is 8.08. The van der Waals surface area contributed by atoms with E-state index in [2.05, 4.69) is 13.2 Å². The highest BCUT2D eigenvalue weighted by atomic mass is 16.5. The average molecular weight is 228 g/mol. The standard InChI is InChI=1S/C16H20O/c1-3-14-8-10-15(11-9-14)17-16(4-2)12-6-5-7-13-16/h3-4,8-11H,1-2,5-7,12-13H2. The van der Waals surface area contributed by atoms with Crippen LogP contribution in [0.1, 0.15) is 37.7 Å². The van der Waals surface area contributed by atoms with Crippen molar-refractivity contribution in [2.24, 2.45) is 0 Å². The Morgan fingerprint density at radius 1 is 1.00 bits per heavy atom. The Hall–Kier alpha value is -1.50. The van der Waals surface area contributed by atoms with Crippen LogP contribution >= 0.6 is 0 Å². The van der Waals surface area contributed by atoms with Crippen molar-refractivity contribution >= 4 is 6.08 Å². The van der Waals surface area contributed by atoms with Gasteiger partial charge in [-0.2, -0.15) is 0 Å². The van der Waals surface area contributed by atoms with Gasteiger partial charge in [-0.05, 0) is 49.5 Å². The van der Waals surface area contributed by atoms with Crippen molar-refractivity contribution in [1.82, 2.24) is 0 Å². The molecule has 0 amide bonds. The molecule has 1 aromatic rings. The maximum atomic E-state index is 6.14. The minimum atomic E-state index is -0.145. The summed E-state index contributed by atoms with van der Waals surface area (Å²) in [7, 11) is 0. The van der Waals surface area contributed by atoms with Gasteiger partial charge >= 0.3 is 0 Å². The molecule has 0 radical (unpaired) electrons. The van der Waals surface area contributed by atoms with E-state index in [-0.39, 0.29) is 5.60 Å². The smallest absolute Gasteiger partial charge is 0.127 e. The Bertz CT molecular complexity index is 382. The molecule has 0 N–H and O–H groups in total. The molecule has 1 heteroatoms. The lowest BCUT2D eigenvalue weighted by Gasteiger charge is -2.35. The highest BCUT2D eigenvalue weighted by molar-refractivity contribution is 5.48. The predicted octanol–water partition coefficient (Wildman–Crippen LogP) is 4.60. The maximum absolute atomic E-state index is 6.14. The topological polar surface area (TPSA) is 9.23 Å². The largest absolute Gasteiger partial charge is 0.483 e. The van der Waals surface area contributed by atoms with Gasteiger partial charge < -0.3 is 4.74 Å². The van der Waals surface area contributed by atoms with Gasteiger partial charge in [0.2, 0.25) is 0 Å². The molecule has 0 aliphatic heterocycles. The van der Waals surface area contributed by atoms with Crippen LogP contribution in [-0.4, -0.2) is 5.60 Å². The molecule has 0 heterocycles.